The number of benzene rings is 1. The van der Waals surface area contributed by atoms with Gasteiger partial charge in [-0.2, -0.15) is 0 Å². The van der Waals surface area contributed by atoms with Gasteiger partial charge in [-0.25, -0.2) is 0 Å². The number of piperazine rings is 1. The maximum absolute atomic E-state index is 13.4. The molecule has 35 heavy (non-hydrogen) atoms. The number of hydrogen-bond donors (Lipinski definition) is 1. The van der Waals surface area contributed by atoms with Crippen LogP contribution in [0.25, 0.3) is 0 Å². The summed E-state index contributed by atoms with van der Waals surface area (Å²) in [4.78, 5) is 47.5. The third kappa shape index (κ3) is 4.97. The quantitative estimate of drug-likeness (QED) is 0.496. The normalized spacial score (nSPS) is 21.8. The highest BCUT2D eigenvalue weighted by Crippen LogP contribution is 2.38. The molecule has 2 atom stereocenters. The summed E-state index contributed by atoms with van der Waals surface area (Å²) in [5, 5.41) is 14.4. The number of likely N-dealkylation sites (tertiary alicyclic amines) is 1. The molecule has 3 aliphatic heterocycles. The number of nitro groups is 1. The Morgan fingerprint density at radius 1 is 1.14 bits per heavy atom. The van der Waals surface area contributed by atoms with Gasteiger partial charge in [0.1, 0.15) is 0 Å². The number of non-ortho nitro benzene ring substituents is 1. The van der Waals surface area contributed by atoms with E-state index in [1.807, 2.05) is 17.0 Å². The third-order valence-corrected chi connectivity index (χ3v) is 7.33. The van der Waals surface area contributed by atoms with Crippen molar-refractivity contribution in [3.8, 4) is 0 Å². The van der Waals surface area contributed by atoms with Crippen LogP contribution in [0, 0.1) is 16.0 Å². The van der Waals surface area contributed by atoms with Gasteiger partial charge in [-0.3, -0.25) is 29.6 Å². The number of anilines is 1. The first kappa shape index (κ1) is 23.2. The lowest BCUT2D eigenvalue weighted by molar-refractivity contribution is -0.384. The fourth-order valence-electron chi connectivity index (χ4n) is 5.51. The number of pyridine rings is 1. The second-order valence-electron chi connectivity index (χ2n) is 9.54. The number of aromatic nitrogens is 1. The standard InChI is InChI=1S/C25H30N6O4/c32-24(29-8-1-2-9-29)17-28-10-11-30-22-6-5-20(31(34)35)12-19(22)13-21(23(30)16-28)25(33)27-15-18-4-3-7-26-14-18/h3-7,12,14,21,23H,1-2,8-11,13,15-17H2,(H,27,33)/t21-,23+/m1/s1. The number of nitrogens with one attached hydrogen (secondary N) is 1. The molecule has 10 nitrogen and oxygen atoms in total. The first-order valence-electron chi connectivity index (χ1n) is 12.2. The number of carbonyl (C=O) groups excluding carboxylic acids is 2. The van der Waals surface area contributed by atoms with Crippen LogP contribution >= 0.6 is 0 Å². The molecular formula is C25H30N6O4. The summed E-state index contributed by atoms with van der Waals surface area (Å²) in [5.41, 5.74) is 2.71. The van der Waals surface area contributed by atoms with Crippen molar-refractivity contribution < 1.29 is 14.5 Å². The van der Waals surface area contributed by atoms with Crippen LogP contribution in [0.4, 0.5) is 11.4 Å². The molecule has 0 spiro atoms. The lowest BCUT2D eigenvalue weighted by Gasteiger charge is -2.49. The first-order chi connectivity index (χ1) is 17.0. The SMILES string of the molecule is O=C(NCc1cccnc1)[C@@H]1Cc2cc([N+](=O)[O-])ccc2N2CCN(CC(=O)N3CCCC3)C[C@@H]12. The van der Waals surface area contributed by atoms with Crippen molar-refractivity contribution in [2.45, 2.75) is 31.8 Å². The molecule has 10 heteroatoms. The van der Waals surface area contributed by atoms with Gasteiger partial charge >= 0.3 is 0 Å². The van der Waals surface area contributed by atoms with E-state index < -0.39 is 4.92 Å². The van der Waals surface area contributed by atoms with Gasteiger partial charge in [0.2, 0.25) is 11.8 Å². The van der Waals surface area contributed by atoms with Crippen molar-refractivity contribution in [3.05, 3.63) is 64.0 Å². The van der Waals surface area contributed by atoms with E-state index >= 15 is 0 Å². The largest absolute Gasteiger partial charge is 0.365 e. The Labute approximate surface area is 204 Å². The molecule has 1 N–H and O–H groups in total. The van der Waals surface area contributed by atoms with Crippen molar-refractivity contribution in [2.24, 2.45) is 5.92 Å². The van der Waals surface area contributed by atoms with Gasteiger partial charge in [0.25, 0.3) is 5.69 Å². The van der Waals surface area contributed by atoms with Crippen LogP contribution in [-0.2, 0) is 22.6 Å². The number of hydrogen-bond acceptors (Lipinski definition) is 7. The molecule has 0 radical (unpaired) electrons. The Bertz CT molecular complexity index is 1100. The molecule has 4 heterocycles. The predicted octanol–water partition coefficient (Wildman–Crippen LogP) is 1.59. The molecule has 1 aromatic carbocycles. The molecule has 184 valence electrons. The molecule has 1 aromatic heterocycles. The molecule has 2 fully saturated rings. The highest BCUT2D eigenvalue weighted by Gasteiger charge is 2.42. The first-order valence-corrected chi connectivity index (χ1v) is 12.2. The van der Waals surface area contributed by atoms with Gasteiger partial charge in [0.15, 0.2) is 0 Å². The minimum absolute atomic E-state index is 0.0339. The number of carbonyl (C=O) groups is 2. The smallest absolute Gasteiger partial charge is 0.269 e. The highest BCUT2D eigenvalue weighted by atomic mass is 16.6. The molecule has 0 unspecified atom stereocenters. The van der Waals surface area contributed by atoms with Gasteiger partial charge in [-0.1, -0.05) is 6.07 Å². The van der Waals surface area contributed by atoms with Crippen molar-refractivity contribution in [2.75, 3.05) is 44.2 Å². The van der Waals surface area contributed by atoms with Crippen molar-refractivity contribution in [1.29, 1.82) is 0 Å². The topological polar surface area (TPSA) is 112 Å². The minimum Gasteiger partial charge on any atom is -0.365 e. The Balaban J connectivity index is 1.36. The van der Waals surface area contributed by atoms with Gasteiger partial charge in [0, 0.05) is 69.5 Å². The van der Waals surface area contributed by atoms with Gasteiger partial charge < -0.3 is 15.1 Å². The molecule has 0 aliphatic carbocycles. The lowest BCUT2D eigenvalue weighted by atomic mass is 9.83. The highest BCUT2D eigenvalue weighted by molar-refractivity contribution is 5.82. The van der Waals surface area contributed by atoms with Crippen molar-refractivity contribution in [1.82, 2.24) is 20.1 Å². The molecule has 2 amide bonds. The fraction of sp³-hybridized carbons (Fsp3) is 0.480. The third-order valence-electron chi connectivity index (χ3n) is 7.33. The predicted molar refractivity (Wildman–Crippen MR) is 130 cm³/mol. The zero-order valence-corrected chi connectivity index (χ0v) is 19.6. The van der Waals surface area contributed by atoms with Crippen molar-refractivity contribution >= 4 is 23.2 Å². The number of nitro benzene ring substituents is 1. The van der Waals surface area contributed by atoms with E-state index in [4.69, 9.17) is 0 Å². The van der Waals surface area contributed by atoms with Crippen LogP contribution in [0.5, 0.6) is 0 Å². The Morgan fingerprint density at radius 3 is 2.71 bits per heavy atom. The lowest BCUT2D eigenvalue weighted by Crippen LogP contribution is -2.62. The van der Waals surface area contributed by atoms with Crippen LogP contribution < -0.4 is 10.2 Å². The van der Waals surface area contributed by atoms with Gasteiger partial charge in [0.05, 0.1) is 23.4 Å². The molecule has 0 bridgehead atoms. The van der Waals surface area contributed by atoms with Crippen LogP contribution in [0.2, 0.25) is 0 Å². The van der Waals surface area contributed by atoms with Crippen LogP contribution in [0.3, 0.4) is 0 Å². The summed E-state index contributed by atoms with van der Waals surface area (Å²) in [5.74, 6) is -0.319. The number of fused-ring (bicyclic) bond motifs is 3. The number of nitrogens with zero attached hydrogens (tertiary/aromatic N) is 5. The average Bonchev–Trinajstić information content (AvgIpc) is 3.42. The number of rotatable bonds is 6. The maximum atomic E-state index is 13.4. The Hall–Kier alpha value is -3.53. The van der Waals surface area contributed by atoms with E-state index in [9.17, 15) is 19.7 Å². The van der Waals surface area contributed by atoms with Crippen LogP contribution in [0.1, 0.15) is 24.0 Å². The second-order valence-corrected chi connectivity index (χ2v) is 9.54. The minimum atomic E-state index is -0.397. The van der Waals surface area contributed by atoms with E-state index in [1.54, 1.807) is 24.5 Å². The monoisotopic (exact) mass is 478 g/mol. The summed E-state index contributed by atoms with van der Waals surface area (Å²) in [6.07, 6.45) is 5.95. The molecular weight excluding hydrogens is 448 g/mol. The summed E-state index contributed by atoms with van der Waals surface area (Å²) in [6, 6.07) is 8.55. The van der Waals surface area contributed by atoms with Crippen LogP contribution in [0.15, 0.2) is 42.7 Å². The average molecular weight is 479 g/mol. The molecule has 0 saturated carbocycles. The molecule has 2 saturated heterocycles. The van der Waals surface area contributed by atoms with E-state index in [1.165, 1.54) is 6.07 Å². The Kier molecular flexibility index (Phi) is 6.63. The Morgan fingerprint density at radius 2 is 1.97 bits per heavy atom. The zero-order valence-electron chi connectivity index (χ0n) is 19.6. The van der Waals surface area contributed by atoms with Gasteiger partial charge in [-0.15, -0.1) is 0 Å². The molecule has 5 rings (SSSR count). The maximum Gasteiger partial charge on any atom is 0.269 e. The van der Waals surface area contributed by atoms with E-state index in [2.05, 4.69) is 20.1 Å². The van der Waals surface area contributed by atoms with Crippen molar-refractivity contribution in [3.63, 3.8) is 0 Å². The molecule has 2 aromatic rings. The second kappa shape index (κ2) is 9.99. The zero-order chi connectivity index (χ0) is 24.4. The fourth-order valence-corrected chi connectivity index (χ4v) is 5.51. The van der Waals surface area contributed by atoms with Gasteiger partial charge in [-0.05, 0) is 42.5 Å². The van der Waals surface area contributed by atoms with Crippen LogP contribution in [-0.4, -0.2) is 76.8 Å². The summed E-state index contributed by atoms with van der Waals surface area (Å²) in [7, 11) is 0. The van der Waals surface area contributed by atoms with E-state index in [0.717, 1.165) is 42.7 Å². The van der Waals surface area contributed by atoms with E-state index in [-0.39, 0.29) is 29.5 Å². The summed E-state index contributed by atoms with van der Waals surface area (Å²) < 4.78 is 0. The molecule has 3 aliphatic rings. The summed E-state index contributed by atoms with van der Waals surface area (Å²) >= 11 is 0. The van der Waals surface area contributed by atoms with E-state index in [0.29, 0.717) is 39.1 Å². The number of amides is 2. The summed E-state index contributed by atoms with van der Waals surface area (Å²) in [6.45, 7) is 4.35.